The number of hydrogen-bond donors (Lipinski definition) is 1. The van der Waals surface area contributed by atoms with Crippen molar-refractivity contribution in [1.82, 2.24) is 9.29 Å². The van der Waals surface area contributed by atoms with Crippen LogP contribution in [0.3, 0.4) is 0 Å². The average molecular weight is 443 g/mol. The number of nitrogens with one attached hydrogen (secondary N) is 1. The van der Waals surface area contributed by atoms with Crippen molar-refractivity contribution in [2.75, 3.05) is 6.54 Å². The number of rotatable bonds is 6. The van der Waals surface area contributed by atoms with Crippen molar-refractivity contribution in [2.24, 2.45) is 0 Å². The highest BCUT2D eigenvalue weighted by atomic mass is 32.2. The lowest BCUT2D eigenvalue weighted by atomic mass is 10.1. The molecule has 0 aliphatic rings. The van der Waals surface area contributed by atoms with Crippen LogP contribution in [0.5, 0.6) is 0 Å². The number of benzene rings is 2. The molecular weight excluding hydrogens is 412 g/mol. The molecule has 3 aromatic rings. The molecule has 2 aromatic carbocycles. The minimum Gasteiger partial charge on any atom is -0.444 e. The molecule has 3 rings (SSSR count). The molecule has 0 saturated heterocycles. The van der Waals surface area contributed by atoms with Crippen LogP contribution in [0.4, 0.5) is 4.79 Å². The first-order valence-electron chi connectivity index (χ1n) is 10.4. The van der Waals surface area contributed by atoms with Gasteiger partial charge in [0.1, 0.15) is 5.60 Å². The van der Waals surface area contributed by atoms with Crippen molar-refractivity contribution in [3.8, 4) is 0 Å². The first-order valence-corrected chi connectivity index (χ1v) is 11.9. The lowest BCUT2D eigenvalue weighted by Crippen LogP contribution is -2.34. The van der Waals surface area contributed by atoms with Gasteiger partial charge in [-0.25, -0.2) is 17.2 Å². The first-order chi connectivity index (χ1) is 14.5. The summed E-state index contributed by atoms with van der Waals surface area (Å²) in [6.07, 6.45) is 0.524. The predicted molar refractivity (Wildman–Crippen MR) is 123 cm³/mol. The van der Waals surface area contributed by atoms with Crippen molar-refractivity contribution in [3.63, 3.8) is 0 Å². The Bertz CT molecular complexity index is 1190. The third kappa shape index (κ3) is 4.93. The number of alkyl carbamates (subject to hydrolysis) is 1. The Morgan fingerprint density at radius 3 is 2.32 bits per heavy atom. The summed E-state index contributed by atoms with van der Waals surface area (Å²) in [6, 6.07) is 14.4. The van der Waals surface area contributed by atoms with E-state index in [0.717, 1.165) is 16.5 Å². The van der Waals surface area contributed by atoms with Gasteiger partial charge >= 0.3 is 6.09 Å². The van der Waals surface area contributed by atoms with Gasteiger partial charge in [0.25, 0.3) is 10.0 Å². The number of hydrogen-bond acceptors (Lipinski definition) is 4. The monoisotopic (exact) mass is 442 g/mol. The lowest BCUT2D eigenvalue weighted by Gasteiger charge is -2.20. The number of fused-ring (bicyclic) bond motifs is 1. The van der Waals surface area contributed by atoms with E-state index >= 15 is 0 Å². The molecule has 166 valence electrons. The maximum Gasteiger partial charge on any atom is 0.407 e. The van der Waals surface area contributed by atoms with Crippen molar-refractivity contribution in [3.05, 3.63) is 65.4 Å². The summed E-state index contributed by atoms with van der Waals surface area (Å²) in [7, 11) is -3.81. The predicted octanol–water partition coefficient (Wildman–Crippen LogP) is 4.82. The molecule has 0 fully saturated rings. The second kappa shape index (κ2) is 8.75. The molecule has 0 aliphatic carbocycles. The summed E-state index contributed by atoms with van der Waals surface area (Å²) in [5.74, 6) is 0. The maximum absolute atomic E-state index is 13.6. The van der Waals surface area contributed by atoms with E-state index in [4.69, 9.17) is 4.74 Å². The SMILES string of the molecule is CCc1c(CCNC(=O)OC(C)(C)C)n(S(=O)(=O)c2ccc(C)cc2)c2ccccc12. The van der Waals surface area contributed by atoms with Gasteiger partial charge in [-0.2, -0.15) is 0 Å². The Hall–Kier alpha value is -2.80. The average Bonchev–Trinajstić information content (AvgIpc) is 3.00. The second-order valence-electron chi connectivity index (χ2n) is 8.56. The molecule has 7 heteroatoms. The molecule has 1 N–H and O–H groups in total. The Labute approximate surface area is 184 Å². The van der Waals surface area contributed by atoms with Crippen LogP contribution in [0.1, 0.15) is 44.5 Å². The minimum absolute atomic E-state index is 0.239. The van der Waals surface area contributed by atoms with E-state index in [9.17, 15) is 13.2 Å². The molecule has 0 radical (unpaired) electrons. The minimum atomic E-state index is -3.81. The summed E-state index contributed by atoms with van der Waals surface area (Å²) in [6.45, 7) is 9.59. The third-order valence-corrected chi connectivity index (χ3v) is 6.75. The van der Waals surface area contributed by atoms with Gasteiger partial charge in [0, 0.05) is 24.0 Å². The Kier molecular flexibility index (Phi) is 6.46. The fourth-order valence-electron chi connectivity index (χ4n) is 3.66. The highest BCUT2D eigenvalue weighted by molar-refractivity contribution is 7.90. The standard InChI is InChI=1S/C24H30N2O4S/c1-6-19-20-9-7-8-10-21(20)26(31(28,29)18-13-11-17(2)12-14-18)22(19)15-16-25-23(27)30-24(3,4)5/h7-14H,6,15-16H2,1-5H3,(H,25,27). The van der Waals surface area contributed by atoms with E-state index < -0.39 is 21.7 Å². The van der Waals surface area contributed by atoms with E-state index in [-0.39, 0.29) is 11.4 Å². The molecule has 31 heavy (non-hydrogen) atoms. The third-order valence-electron chi connectivity index (χ3n) is 4.98. The molecule has 1 amide bonds. The summed E-state index contributed by atoms with van der Waals surface area (Å²) in [5, 5.41) is 3.65. The van der Waals surface area contributed by atoms with Crippen molar-refractivity contribution >= 4 is 27.0 Å². The van der Waals surface area contributed by atoms with Crippen molar-refractivity contribution in [2.45, 2.75) is 58.0 Å². The van der Waals surface area contributed by atoms with Crippen LogP contribution in [0.2, 0.25) is 0 Å². The van der Waals surface area contributed by atoms with Gasteiger partial charge in [0.15, 0.2) is 0 Å². The molecule has 0 atom stereocenters. The zero-order valence-electron chi connectivity index (χ0n) is 18.7. The van der Waals surface area contributed by atoms with Crippen LogP contribution in [0.15, 0.2) is 53.4 Å². The molecule has 6 nitrogen and oxygen atoms in total. The van der Waals surface area contributed by atoms with Gasteiger partial charge in [0.2, 0.25) is 0 Å². The van der Waals surface area contributed by atoms with Crippen LogP contribution >= 0.6 is 0 Å². The molecule has 0 unspecified atom stereocenters. The number of nitrogens with zero attached hydrogens (tertiary/aromatic N) is 1. The maximum atomic E-state index is 13.6. The molecule has 0 bridgehead atoms. The number of carbonyl (C=O) groups is 1. The molecule has 0 saturated carbocycles. The highest BCUT2D eigenvalue weighted by Crippen LogP contribution is 2.31. The molecule has 0 aliphatic heterocycles. The van der Waals surface area contributed by atoms with E-state index in [1.54, 1.807) is 45.0 Å². The first kappa shape index (κ1) is 22.9. The molecular formula is C24H30N2O4S. The lowest BCUT2D eigenvalue weighted by molar-refractivity contribution is 0.0528. The van der Waals surface area contributed by atoms with Crippen molar-refractivity contribution < 1.29 is 17.9 Å². The van der Waals surface area contributed by atoms with Crippen LogP contribution < -0.4 is 5.32 Å². The van der Waals surface area contributed by atoms with Gasteiger partial charge in [-0.15, -0.1) is 0 Å². The quantitative estimate of drug-likeness (QED) is 0.594. The Morgan fingerprint density at radius 1 is 1.06 bits per heavy atom. The number of ether oxygens (including phenoxy) is 1. The normalized spacial score (nSPS) is 12.2. The van der Waals surface area contributed by atoms with Gasteiger partial charge in [0.05, 0.1) is 10.4 Å². The number of carbonyl (C=O) groups excluding carboxylic acids is 1. The van der Waals surface area contributed by atoms with Crippen LogP contribution in [-0.4, -0.2) is 30.6 Å². The largest absolute Gasteiger partial charge is 0.444 e. The molecule has 1 aromatic heterocycles. The number of aryl methyl sites for hydroxylation is 2. The fraction of sp³-hybridized carbons (Fsp3) is 0.375. The zero-order valence-corrected chi connectivity index (χ0v) is 19.5. The zero-order chi connectivity index (χ0) is 22.8. The van der Waals surface area contributed by atoms with E-state index in [1.807, 2.05) is 38.1 Å². The fourth-order valence-corrected chi connectivity index (χ4v) is 5.26. The van der Waals surface area contributed by atoms with E-state index in [2.05, 4.69) is 5.32 Å². The summed E-state index contributed by atoms with van der Waals surface area (Å²) in [5.41, 5.74) is 2.69. The molecule has 0 spiro atoms. The van der Waals surface area contributed by atoms with E-state index in [1.165, 1.54) is 3.97 Å². The van der Waals surface area contributed by atoms with Crippen LogP contribution in [0, 0.1) is 6.92 Å². The van der Waals surface area contributed by atoms with Crippen molar-refractivity contribution in [1.29, 1.82) is 0 Å². The number of amides is 1. The molecule has 1 heterocycles. The number of para-hydroxylation sites is 1. The van der Waals surface area contributed by atoms with Gasteiger partial charge in [-0.3, -0.25) is 0 Å². The summed E-state index contributed by atoms with van der Waals surface area (Å²) < 4.78 is 34.0. The van der Waals surface area contributed by atoms with Gasteiger partial charge in [-0.05, 0) is 57.9 Å². The Balaban J connectivity index is 2.04. The van der Waals surface area contributed by atoms with Gasteiger partial charge in [-0.1, -0.05) is 42.8 Å². The van der Waals surface area contributed by atoms with E-state index in [0.29, 0.717) is 24.1 Å². The second-order valence-corrected chi connectivity index (χ2v) is 10.3. The van der Waals surface area contributed by atoms with Gasteiger partial charge < -0.3 is 10.1 Å². The highest BCUT2D eigenvalue weighted by Gasteiger charge is 2.26. The summed E-state index contributed by atoms with van der Waals surface area (Å²) >= 11 is 0. The summed E-state index contributed by atoms with van der Waals surface area (Å²) in [4.78, 5) is 12.3. The smallest absolute Gasteiger partial charge is 0.407 e. The topological polar surface area (TPSA) is 77.4 Å². The van der Waals surface area contributed by atoms with Crippen LogP contribution in [0.25, 0.3) is 10.9 Å². The van der Waals surface area contributed by atoms with Crippen LogP contribution in [-0.2, 0) is 27.6 Å². The Morgan fingerprint density at radius 2 is 1.71 bits per heavy atom. The number of aromatic nitrogens is 1.